The molecule has 0 amide bonds. The second-order valence-corrected chi connectivity index (χ2v) is 6.27. The Morgan fingerprint density at radius 3 is 2.76 bits per heavy atom. The van der Waals surface area contributed by atoms with Crippen LogP contribution in [0.25, 0.3) is 0 Å². The van der Waals surface area contributed by atoms with Gasteiger partial charge in [0, 0.05) is 15.8 Å². The van der Waals surface area contributed by atoms with Crippen LogP contribution >= 0.6 is 35.0 Å². The van der Waals surface area contributed by atoms with Crippen LogP contribution in [0.1, 0.15) is 17.7 Å². The van der Waals surface area contributed by atoms with Gasteiger partial charge in [-0.15, -0.1) is 11.8 Å². The van der Waals surface area contributed by atoms with Gasteiger partial charge in [-0.1, -0.05) is 23.2 Å². The van der Waals surface area contributed by atoms with Crippen LogP contribution in [-0.4, -0.2) is 9.91 Å². The molecule has 21 heavy (non-hydrogen) atoms. The summed E-state index contributed by atoms with van der Waals surface area (Å²) in [5, 5.41) is 10.8. The number of thioether (sulfide) groups is 1. The van der Waals surface area contributed by atoms with Crippen LogP contribution in [0.15, 0.2) is 35.4 Å². The van der Waals surface area contributed by atoms with Gasteiger partial charge in [0.25, 0.3) is 0 Å². The highest BCUT2D eigenvalue weighted by atomic mass is 35.5. The predicted octanol–water partition coefficient (Wildman–Crippen LogP) is 5.29. The molecule has 2 aromatic rings. The summed E-state index contributed by atoms with van der Waals surface area (Å²) in [4.78, 5) is 14.5. The van der Waals surface area contributed by atoms with Crippen LogP contribution in [0.4, 0.5) is 10.2 Å². The van der Waals surface area contributed by atoms with Gasteiger partial charge >= 0.3 is 5.82 Å². The fourth-order valence-corrected chi connectivity index (χ4v) is 3.74. The molecule has 1 aromatic heterocycles. The van der Waals surface area contributed by atoms with Crippen molar-refractivity contribution in [1.29, 1.82) is 0 Å². The third-order valence-corrected chi connectivity index (χ3v) is 4.59. The third kappa shape index (κ3) is 3.45. The van der Waals surface area contributed by atoms with Crippen LogP contribution in [0, 0.1) is 15.9 Å². The van der Waals surface area contributed by atoms with Crippen LogP contribution in [0.2, 0.25) is 10.0 Å². The Bertz CT molecular complexity index is 700. The number of nitro groups is 1. The Morgan fingerprint density at radius 2 is 2.10 bits per heavy atom. The molecule has 0 radical (unpaired) electrons. The Hall–Kier alpha value is -1.37. The molecule has 8 heteroatoms. The summed E-state index contributed by atoms with van der Waals surface area (Å²) >= 11 is 13.1. The van der Waals surface area contributed by atoms with Crippen molar-refractivity contribution in [2.24, 2.45) is 0 Å². The van der Waals surface area contributed by atoms with E-state index in [4.69, 9.17) is 23.2 Å². The Kier molecular flexibility index (Phi) is 5.03. The molecule has 0 spiro atoms. The van der Waals surface area contributed by atoms with E-state index in [1.165, 1.54) is 18.3 Å². The molecule has 0 saturated heterocycles. The zero-order valence-electron chi connectivity index (χ0n) is 10.7. The van der Waals surface area contributed by atoms with Crippen molar-refractivity contribution in [2.45, 2.75) is 17.1 Å². The van der Waals surface area contributed by atoms with Crippen molar-refractivity contribution >= 4 is 40.8 Å². The number of rotatable bonds is 4. The van der Waals surface area contributed by atoms with Gasteiger partial charge in [0.05, 0.1) is 5.02 Å². The zero-order chi connectivity index (χ0) is 15.6. The molecule has 1 atom stereocenters. The monoisotopic (exact) mass is 346 g/mol. The first-order valence-electron chi connectivity index (χ1n) is 5.81. The Morgan fingerprint density at radius 1 is 1.38 bits per heavy atom. The first-order valence-corrected chi connectivity index (χ1v) is 7.44. The molecule has 4 nitrogen and oxygen atoms in total. The number of halogens is 3. The van der Waals surface area contributed by atoms with Crippen LogP contribution in [0.5, 0.6) is 0 Å². The Labute approximate surface area is 134 Å². The topological polar surface area (TPSA) is 56.0 Å². The summed E-state index contributed by atoms with van der Waals surface area (Å²) in [7, 11) is 0. The van der Waals surface area contributed by atoms with Crippen molar-refractivity contribution in [2.75, 3.05) is 0 Å². The molecule has 0 N–H and O–H groups in total. The largest absolute Gasteiger partial charge is 0.377 e. The van der Waals surface area contributed by atoms with Crippen LogP contribution < -0.4 is 0 Å². The average Bonchev–Trinajstić information content (AvgIpc) is 2.43. The van der Waals surface area contributed by atoms with E-state index in [0.29, 0.717) is 15.5 Å². The lowest BCUT2D eigenvalue weighted by Gasteiger charge is -2.15. The lowest BCUT2D eigenvalue weighted by atomic mass is 10.1. The van der Waals surface area contributed by atoms with Gasteiger partial charge in [-0.05, 0) is 41.1 Å². The Balaban J connectivity index is 2.38. The van der Waals surface area contributed by atoms with Crippen molar-refractivity contribution in [3.63, 3.8) is 0 Å². The van der Waals surface area contributed by atoms with Crippen molar-refractivity contribution in [3.05, 3.63) is 62.0 Å². The second kappa shape index (κ2) is 6.60. The van der Waals surface area contributed by atoms with E-state index in [0.717, 1.165) is 11.8 Å². The highest BCUT2D eigenvalue weighted by Gasteiger charge is 2.22. The molecule has 0 fully saturated rings. The molecule has 1 heterocycles. The van der Waals surface area contributed by atoms with Crippen molar-refractivity contribution in [3.8, 4) is 0 Å². The van der Waals surface area contributed by atoms with Gasteiger partial charge in [-0.3, -0.25) is 0 Å². The minimum Gasteiger partial charge on any atom is -0.358 e. The maximum Gasteiger partial charge on any atom is 0.377 e. The number of aromatic nitrogens is 1. The smallest absolute Gasteiger partial charge is 0.358 e. The van der Waals surface area contributed by atoms with Gasteiger partial charge in [-0.25, -0.2) is 4.39 Å². The average molecular weight is 347 g/mol. The van der Waals surface area contributed by atoms with E-state index < -0.39 is 10.7 Å². The van der Waals surface area contributed by atoms with E-state index in [9.17, 15) is 14.5 Å². The zero-order valence-corrected chi connectivity index (χ0v) is 13.0. The summed E-state index contributed by atoms with van der Waals surface area (Å²) in [5.74, 6) is -0.831. The molecule has 0 unspecified atom stereocenters. The summed E-state index contributed by atoms with van der Waals surface area (Å²) in [6.45, 7) is 1.74. The van der Waals surface area contributed by atoms with Crippen LogP contribution in [0.3, 0.4) is 0 Å². The lowest BCUT2D eigenvalue weighted by Crippen LogP contribution is -1.97. The van der Waals surface area contributed by atoms with Gasteiger partial charge in [0.2, 0.25) is 0 Å². The predicted molar refractivity (Wildman–Crippen MR) is 81.6 cm³/mol. The SMILES string of the molecule is C[C@@H](Sc1cccnc1[N+](=O)[O-])c1c(Cl)ccc(F)c1Cl. The molecular formula is C13H9Cl2FN2O2S. The summed E-state index contributed by atoms with van der Waals surface area (Å²) in [5.41, 5.74) is 0.404. The first kappa shape index (κ1) is 16.0. The minimum absolute atomic E-state index is 0.0750. The second-order valence-electron chi connectivity index (χ2n) is 4.10. The number of benzene rings is 1. The number of hydrogen-bond donors (Lipinski definition) is 0. The van der Waals surface area contributed by atoms with E-state index in [1.54, 1.807) is 19.1 Å². The van der Waals surface area contributed by atoms with E-state index >= 15 is 0 Å². The van der Waals surface area contributed by atoms with E-state index in [2.05, 4.69) is 4.98 Å². The molecule has 1 aromatic carbocycles. The molecule has 2 rings (SSSR count). The molecule has 0 aliphatic carbocycles. The first-order chi connectivity index (χ1) is 9.91. The minimum atomic E-state index is -0.579. The van der Waals surface area contributed by atoms with Gasteiger partial charge in [0.15, 0.2) is 0 Å². The fraction of sp³-hybridized carbons (Fsp3) is 0.154. The van der Waals surface area contributed by atoms with Gasteiger partial charge < -0.3 is 10.1 Å². The van der Waals surface area contributed by atoms with E-state index in [-0.39, 0.29) is 16.1 Å². The highest BCUT2D eigenvalue weighted by Crippen LogP contribution is 2.44. The molecule has 0 aliphatic heterocycles. The fourth-order valence-electron chi connectivity index (χ4n) is 1.78. The number of hydrogen-bond acceptors (Lipinski definition) is 4. The maximum absolute atomic E-state index is 13.5. The standard InChI is InChI=1S/C13H9Cl2FN2O2S/c1-7(11-8(14)4-5-9(16)12(11)15)21-10-3-2-6-17-13(10)18(19)20/h2-7H,1H3/t7-/m1/s1. The quantitative estimate of drug-likeness (QED) is 0.326. The number of nitrogens with zero attached hydrogens (tertiary/aromatic N) is 2. The van der Waals surface area contributed by atoms with E-state index in [1.807, 2.05) is 0 Å². The summed E-state index contributed by atoms with van der Waals surface area (Å²) in [6.07, 6.45) is 1.34. The summed E-state index contributed by atoms with van der Waals surface area (Å²) in [6, 6.07) is 5.76. The lowest BCUT2D eigenvalue weighted by molar-refractivity contribution is -0.392. The summed E-state index contributed by atoms with van der Waals surface area (Å²) < 4.78 is 13.5. The van der Waals surface area contributed by atoms with Gasteiger partial charge in [0.1, 0.15) is 16.9 Å². The van der Waals surface area contributed by atoms with Crippen molar-refractivity contribution in [1.82, 2.24) is 4.98 Å². The maximum atomic E-state index is 13.5. The van der Waals surface area contributed by atoms with Crippen LogP contribution in [-0.2, 0) is 0 Å². The highest BCUT2D eigenvalue weighted by molar-refractivity contribution is 7.99. The molecule has 0 aliphatic rings. The molecule has 110 valence electrons. The molecule has 0 bridgehead atoms. The van der Waals surface area contributed by atoms with Gasteiger partial charge in [-0.2, -0.15) is 0 Å². The normalized spacial score (nSPS) is 12.2. The number of pyridine rings is 1. The van der Waals surface area contributed by atoms with Crippen molar-refractivity contribution < 1.29 is 9.31 Å². The third-order valence-electron chi connectivity index (χ3n) is 2.71. The molecule has 0 saturated carbocycles. The molecular weight excluding hydrogens is 338 g/mol.